The molecule has 0 fully saturated rings. The van der Waals surface area contributed by atoms with Gasteiger partial charge in [-0.25, -0.2) is 0 Å². The lowest BCUT2D eigenvalue weighted by Gasteiger charge is -1.99. The molecule has 1 N–H and O–H groups in total. The molecule has 0 unspecified atom stereocenters. The second kappa shape index (κ2) is 2.42. The molecule has 0 aliphatic carbocycles. The lowest BCUT2D eigenvalue weighted by molar-refractivity contribution is 0.482. The lowest BCUT2D eigenvalue weighted by Crippen LogP contribution is -1.82. The Morgan fingerprint density at radius 1 is 1.33 bits per heavy atom. The Labute approximate surface area is 75.0 Å². The number of phenolic OH excluding ortho intramolecular Hbond substituents is 1. The first-order valence-corrected chi connectivity index (χ1v) is 4.00. The van der Waals surface area contributed by atoms with Gasteiger partial charge in [0.25, 0.3) is 0 Å². The lowest BCUT2D eigenvalue weighted by atomic mass is 10.2. The second-order valence-corrected chi connectivity index (χ2v) is 3.16. The summed E-state index contributed by atoms with van der Waals surface area (Å²) in [6, 6.07) is 5.42. The van der Waals surface area contributed by atoms with E-state index in [1.807, 2.05) is 29.9 Å². The van der Waals surface area contributed by atoms with E-state index in [4.69, 9.17) is 11.6 Å². The Morgan fingerprint density at radius 3 is 2.83 bits per heavy atom. The summed E-state index contributed by atoms with van der Waals surface area (Å²) in [7, 11) is 1.93. The molecule has 1 aromatic heterocycles. The van der Waals surface area contributed by atoms with Crippen molar-refractivity contribution < 1.29 is 5.11 Å². The molecule has 0 bridgehead atoms. The number of benzene rings is 1. The summed E-state index contributed by atoms with van der Waals surface area (Å²) in [5, 5.41) is 10.7. The zero-order valence-corrected chi connectivity index (χ0v) is 7.34. The Morgan fingerprint density at radius 2 is 2.08 bits per heavy atom. The third-order valence-corrected chi connectivity index (χ3v) is 2.29. The monoisotopic (exact) mass is 181 g/mol. The van der Waals surface area contributed by atoms with Crippen LogP contribution in [0.25, 0.3) is 10.9 Å². The first-order chi connectivity index (χ1) is 5.70. The standard InChI is InChI=1S/C9H8ClNO/c1-11-5-4-6-8(11)3-2-7(10)9(6)12/h2-5,12H,1H3. The molecule has 0 aliphatic rings. The molecule has 0 amide bonds. The minimum absolute atomic E-state index is 0.162. The van der Waals surface area contributed by atoms with Gasteiger partial charge in [0.1, 0.15) is 5.75 Å². The van der Waals surface area contributed by atoms with Crippen LogP contribution in [0.15, 0.2) is 24.4 Å². The quantitative estimate of drug-likeness (QED) is 0.664. The molecule has 2 rings (SSSR count). The van der Waals surface area contributed by atoms with E-state index in [0.29, 0.717) is 5.02 Å². The summed E-state index contributed by atoms with van der Waals surface area (Å²) in [5.41, 5.74) is 0.983. The number of rotatable bonds is 0. The number of phenols is 1. The molecule has 12 heavy (non-hydrogen) atoms. The fraction of sp³-hybridized carbons (Fsp3) is 0.111. The van der Waals surface area contributed by atoms with Gasteiger partial charge >= 0.3 is 0 Å². The van der Waals surface area contributed by atoms with Crippen molar-refractivity contribution >= 4 is 22.5 Å². The van der Waals surface area contributed by atoms with Crippen LogP contribution < -0.4 is 0 Å². The van der Waals surface area contributed by atoms with Gasteiger partial charge in [0, 0.05) is 18.6 Å². The molecule has 3 heteroatoms. The van der Waals surface area contributed by atoms with E-state index in [1.165, 1.54) is 0 Å². The molecule has 2 aromatic rings. The van der Waals surface area contributed by atoms with E-state index in [9.17, 15) is 5.11 Å². The van der Waals surface area contributed by atoms with Crippen LogP contribution in [0.2, 0.25) is 5.02 Å². The third-order valence-electron chi connectivity index (χ3n) is 1.99. The summed E-state index contributed by atoms with van der Waals surface area (Å²) in [6.45, 7) is 0. The van der Waals surface area contributed by atoms with Crippen molar-refractivity contribution in [1.29, 1.82) is 0 Å². The van der Waals surface area contributed by atoms with Crippen molar-refractivity contribution in [3.63, 3.8) is 0 Å². The highest BCUT2D eigenvalue weighted by Crippen LogP contribution is 2.32. The molecule has 0 saturated heterocycles. The number of hydrogen-bond acceptors (Lipinski definition) is 1. The fourth-order valence-electron chi connectivity index (χ4n) is 1.31. The maximum Gasteiger partial charge on any atom is 0.143 e. The zero-order chi connectivity index (χ0) is 8.72. The number of fused-ring (bicyclic) bond motifs is 1. The number of nitrogens with zero attached hydrogens (tertiary/aromatic N) is 1. The Kier molecular flexibility index (Phi) is 1.51. The molecule has 0 atom stereocenters. The van der Waals surface area contributed by atoms with Gasteiger partial charge in [0.05, 0.1) is 10.5 Å². The number of aromatic nitrogens is 1. The Hall–Kier alpha value is -1.15. The molecule has 62 valence electrons. The van der Waals surface area contributed by atoms with Gasteiger partial charge in [-0.1, -0.05) is 11.6 Å². The Balaban J connectivity index is 2.93. The normalized spacial score (nSPS) is 10.8. The van der Waals surface area contributed by atoms with Crippen molar-refractivity contribution in [3.05, 3.63) is 29.4 Å². The molecule has 0 aliphatic heterocycles. The Bertz CT molecular complexity index is 433. The molecule has 0 saturated carbocycles. The van der Waals surface area contributed by atoms with E-state index in [0.717, 1.165) is 10.9 Å². The van der Waals surface area contributed by atoms with E-state index >= 15 is 0 Å². The van der Waals surface area contributed by atoms with Gasteiger partial charge in [-0.2, -0.15) is 0 Å². The van der Waals surface area contributed by atoms with Crippen LogP contribution in [0.3, 0.4) is 0 Å². The summed E-state index contributed by atoms with van der Waals surface area (Å²) < 4.78 is 1.94. The number of hydrogen-bond donors (Lipinski definition) is 1. The van der Waals surface area contributed by atoms with Gasteiger partial charge in [-0.3, -0.25) is 0 Å². The largest absolute Gasteiger partial charge is 0.506 e. The summed E-state index contributed by atoms with van der Waals surface area (Å²) in [4.78, 5) is 0. The van der Waals surface area contributed by atoms with E-state index in [1.54, 1.807) is 6.07 Å². The molecule has 0 radical (unpaired) electrons. The van der Waals surface area contributed by atoms with Crippen molar-refractivity contribution in [2.24, 2.45) is 7.05 Å². The van der Waals surface area contributed by atoms with Gasteiger partial charge in [-0.15, -0.1) is 0 Å². The van der Waals surface area contributed by atoms with Gasteiger partial charge in [-0.05, 0) is 18.2 Å². The molecule has 2 nitrogen and oxygen atoms in total. The molecular weight excluding hydrogens is 174 g/mol. The van der Waals surface area contributed by atoms with Crippen molar-refractivity contribution in [3.8, 4) is 5.75 Å². The van der Waals surface area contributed by atoms with Crippen LogP contribution in [0.4, 0.5) is 0 Å². The summed E-state index contributed by atoms with van der Waals surface area (Å²) in [5.74, 6) is 0.162. The smallest absolute Gasteiger partial charge is 0.143 e. The third kappa shape index (κ3) is 0.883. The van der Waals surface area contributed by atoms with E-state index in [2.05, 4.69) is 0 Å². The fourth-order valence-corrected chi connectivity index (χ4v) is 1.47. The van der Waals surface area contributed by atoms with Crippen molar-refractivity contribution in [1.82, 2.24) is 4.57 Å². The van der Waals surface area contributed by atoms with Crippen LogP contribution in [0.5, 0.6) is 5.75 Å². The van der Waals surface area contributed by atoms with Crippen LogP contribution in [-0.2, 0) is 7.05 Å². The van der Waals surface area contributed by atoms with Gasteiger partial charge in [0.2, 0.25) is 0 Å². The molecule has 1 heterocycles. The van der Waals surface area contributed by atoms with Gasteiger partial charge in [0.15, 0.2) is 0 Å². The maximum absolute atomic E-state index is 9.53. The SMILES string of the molecule is Cn1ccc2c(O)c(Cl)ccc21. The maximum atomic E-state index is 9.53. The summed E-state index contributed by atoms with van der Waals surface area (Å²) >= 11 is 5.74. The average molecular weight is 182 g/mol. The second-order valence-electron chi connectivity index (χ2n) is 2.76. The minimum atomic E-state index is 0.162. The highest BCUT2D eigenvalue weighted by Gasteiger charge is 2.05. The molecule has 1 aromatic carbocycles. The van der Waals surface area contributed by atoms with Crippen LogP contribution in [0.1, 0.15) is 0 Å². The highest BCUT2D eigenvalue weighted by atomic mass is 35.5. The van der Waals surface area contributed by atoms with Crippen LogP contribution in [0, 0.1) is 0 Å². The van der Waals surface area contributed by atoms with Crippen LogP contribution >= 0.6 is 11.6 Å². The van der Waals surface area contributed by atoms with E-state index < -0.39 is 0 Å². The number of halogens is 1. The predicted molar refractivity (Wildman–Crippen MR) is 49.6 cm³/mol. The minimum Gasteiger partial charge on any atom is -0.506 e. The number of aryl methyl sites for hydroxylation is 1. The highest BCUT2D eigenvalue weighted by molar-refractivity contribution is 6.33. The van der Waals surface area contributed by atoms with Gasteiger partial charge < -0.3 is 9.67 Å². The summed E-state index contributed by atoms with van der Waals surface area (Å²) in [6.07, 6.45) is 1.89. The molecule has 0 spiro atoms. The van der Waals surface area contributed by atoms with Crippen LogP contribution in [-0.4, -0.2) is 9.67 Å². The van der Waals surface area contributed by atoms with E-state index in [-0.39, 0.29) is 5.75 Å². The first-order valence-electron chi connectivity index (χ1n) is 3.62. The van der Waals surface area contributed by atoms with Crippen molar-refractivity contribution in [2.45, 2.75) is 0 Å². The predicted octanol–water partition coefficient (Wildman–Crippen LogP) is 2.54. The first kappa shape index (κ1) is 7.50. The zero-order valence-electron chi connectivity index (χ0n) is 6.58. The average Bonchev–Trinajstić information content (AvgIpc) is 2.41. The number of aromatic hydroxyl groups is 1. The molecular formula is C9H8ClNO. The van der Waals surface area contributed by atoms with Crippen molar-refractivity contribution in [2.75, 3.05) is 0 Å². The topological polar surface area (TPSA) is 25.2 Å².